The first-order valence-electron chi connectivity index (χ1n) is 4.99. The van der Waals surface area contributed by atoms with Crippen LogP contribution in [0.3, 0.4) is 0 Å². The molecule has 2 heterocycles. The summed E-state index contributed by atoms with van der Waals surface area (Å²) in [4.78, 5) is 18.8. The molecular weight excluding hydrogens is 260 g/mol. The zero-order valence-corrected chi connectivity index (χ0v) is 10.1. The van der Waals surface area contributed by atoms with Gasteiger partial charge in [-0.2, -0.15) is 4.98 Å². The molecule has 94 valence electrons. The van der Waals surface area contributed by atoms with E-state index in [0.717, 1.165) is 0 Å². The van der Waals surface area contributed by atoms with E-state index in [0.29, 0.717) is 11.7 Å². The average molecular weight is 269 g/mol. The monoisotopic (exact) mass is 268 g/mol. The standard InChI is InChI=1S/C10H9ClN4O3/c1-5-13-8(18-15-5)4-12-9-6(10(16)17)2-3-7(11)14-9/h2-3H,4H2,1H3,(H,12,14)(H,16,17). The summed E-state index contributed by atoms with van der Waals surface area (Å²) in [6.45, 7) is 1.86. The number of hydrogen-bond acceptors (Lipinski definition) is 6. The molecule has 2 rings (SSSR count). The fraction of sp³-hybridized carbons (Fsp3) is 0.200. The summed E-state index contributed by atoms with van der Waals surface area (Å²) in [6, 6.07) is 2.78. The van der Waals surface area contributed by atoms with Gasteiger partial charge in [0.1, 0.15) is 16.5 Å². The molecule has 0 amide bonds. The van der Waals surface area contributed by atoms with Crippen molar-refractivity contribution in [3.05, 3.63) is 34.6 Å². The van der Waals surface area contributed by atoms with E-state index in [1.807, 2.05) is 0 Å². The smallest absolute Gasteiger partial charge is 0.339 e. The molecule has 0 atom stereocenters. The summed E-state index contributed by atoms with van der Waals surface area (Å²) in [5, 5.41) is 15.6. The number of rotatable bonds is 4. The molecule has 8 heteroatoms. The number of halogens is 1. The topological polar surface area (TPSA) is 101 Å². The predicted molar refractivity (Wildman–Crippen MR) is 62.6 cm³/mol. The Balaban J connectivity index is 2.17. The van der Waals surface area contributed by atoms with Gasteiger partial charge >= 0.3 is 5.97 Å². The van der Waals surface area contributed by atoms with Gasteiger partial charge in [0.2, 0.25) is 5.89 Å². The molecule has 2 aromatic rings. The van der Waals surface area contributed by atoms with Crippen molar-refractivity contribution in [2.75, 3.05) is 5.32 Å². The molecule has 0 aliphatic heterocycles. The van der Waals surface area contributed by atoms with Crippen LogP contribution in [0.4, 0.5) is 5.82 Å². The highest BCUT2D eigenvalue weighted by molar-refractivity contribution is 6.29. The van der Waals surface area contributed by atoms with Crippen molar-refractivity contribution in [3.63, 3.8) is 0 Å². The van der Waals surface area contributed by atoms with Crippen molar-refractivity contribution in [2.45, 2.75) is 13.5 Å². The number of nitrogens with one attached hydrogen (secondary N) is 1. The van der Waals surface area contributed by atoms with Crippen LogP contribution in [0.5, 0.6) is 0 Å². The number of anilines is 1. The van der Waals surface area contributed by atoms with Crippen LogP contribution >= 0.6 is 11.6 Å². The highest BCUT2D eigenvalue weighted by Crippen LogP contribution is 2.17. The Morgan fingerprint density at radius 1 is 1.50 bits per heavy atom. The molecular formula is C10H9ClN4O3. The number of pyridine rings is 1. The highest BCUT2D eigenvalue weighted by atomic mass is 35.5. The zero-order valence-electron chi connectivity index (χ0n) is 9.35. The van der Waals surface area contributed by atoms with Gasteiger partial charge in [0.05, 0.1) is 6.54 Å². The summed E-state index contributed by atoms with van der Waals surface area (Å²) in [5.41, 5.74) is 0.0237. The normalized spacial score (nSPS) is 10.3. The molecule has 7 nitrogen and oxygen atoms in total. The lowest BCUT2D eigenvalue weighted by Gasteiger charge is -2.06. The summed E-state index contributed by atoms with van der Waals surface area (Å²) in [5.74, 6) is -0.0934. The van der Waals surface area contributed by atoms with E-state index in [9.17, 15) is 4.79 Å². The number of carbonyl (C=O) groups is 1. The van der Waals surface area contributed by atoms with E-state index < -0.39 is 5.97 Å². The van der Waals surface area contributed by atoms with Gasteiger partial charge in [0.15, 0.2) is 5.82 Å². The van der Waals surface area contributed by atoms with E-state index >= 15 is 0 Å². The first-order valence-corrected chi connectivity index (χ1v) is 5.37. The SMILES string of the molecule is Cc1noc(CNc2nc(Cl)ccc2C(=O)O)n1. The number of aromatic nitrogens is 3. The lowest BCUT2D eigenvalue weighted by molar-refractivity contribution is 0.0697. The number of carboxylic acid groups (broad SMARTS) is 1. The molecule has 2 N–H and O–H groups in total. The fourth-order valence-electron chi connectivity index (χ4n) is 1.31. The van der Waals surface area contributed by atoms with Gasteiger partial charge in [0, 0.05) is 0 Å². The number of aromatic carboxylic acids is 1. The third kappa shape index (κ3) is 2.75. The maximum Gasteiger partial charge on any atom is 0.339 e. The third-order valence-electron chi connectivity index (χ3n) is 2.07. The number of carboxylic acids is 1. The summed E-state index contributed by atoms with van der Waals surface area (Å²) in [7, 11) is 0. The van der Waals surface area contributed by atoms with E-state index in [-0.39, 0.29) is 23.1 Å². The molecule has 2 aromatic heterocycles. The molecule has 0 saturated carbocycles. The van der Waals surface area contributed by atoms with Crippen LogP contribution in [0, 0.1) is 6.92 Å². The maximum atomic E-state index is 11.0. The predicted octanol–water partition coefficient (Wildman–Crippen LogP) is 1.74. The zero-order chi connectivity index (χ0) is 13.1. The number of nitrogens with zero attached hydrogens (tertiary/aromatic N) is 3. The van der Waals surface area contributed by atoms with Gasteiger partial charge in [0.25, 0.3) is 0 Å². The lowest BCUT2D eigenvalue weighted by atomic mass is 10.2. The summed E-state index contributed by atoms with van der Waals surface area (Å²) < 4.78 is 4.88. The quantitative estimate of drug-likeness (QED) is 0.814. The van der Waals surface area contributed by atoms with Crippen molar-refractivity contribution in [2.24, 2.45) is 0 Å². The Labute approximate surface area is 107 Å². The fourth-order valence-corrected chi connectivity index (χ4v) is 1.46. The average Bonchev–Trinajstić information content (AvgIpc) is 2.72. The Morgan fingerprint density at radius 3 is 2.89 bits per heavy atom. The molecule has 0 aliphatic rings. The van der Waals surface area contributed by atoms with Gasteiger partial charge in [-0.15, -0.1) is 0 Å². The molecule has 18 heavy (non-hydrogen) atoms. The van der Waals surface area contributed by atoms with E-state index in [1.54, 1.807) is 6.92 Å². The van der Waals surface area contributed by atoms with Crippen LogP contribution in [-0.2, 0) is 6.54 Å². The summed E-state index contributed by atoms with van der Waals surface area (Å²) in [6.07, 6.45) is 0. The van der Waals surface area contributed by atoms with Crippen LogP contribution < -0.4 is 5.32 Å². The van der Waals surface area contributed by atoms with Crippen molar-refractivity contribution < 1.29 is 14.4 Å². The molecule has 0 aromatic carbocycles. The molecule has 0 spiro atoms. The first kappa shape index (κ1) is 12.3. The van der Waals surface area contributed by atoms with Gasteiger partial charge in [-0.3, -0.25) is 0 Å². The van der Waals surface area contributed by atoms with Crippen LogP contribution in [0.2, 0.25) is 5.15 Å². The van der Waals surface area contributed by atoms with Gasteiger partial charge in [-0.1, -0.05) is 16.8 Å². The highest BCUT2D eigenvalue weighted by Gasteiger charge is 2.13. The van der Waals surface area contributed by atoms with E-state index in [1.165, 1.54) is 12.1 Å². The molecule has 0 fully saturated rings. The molecule has 0 bridgehead atoms. The van der Waals surface area contributed by atoms with Gasteiger partial charge in [-0.05, 0) is 19.1 Å². The Hall–Kier alpha value is -2.15. The summed E-state index contributed by atoms with van der Waals surface area (Å²) >= 11 is 5.71. The van der Waals surface area contributed by atoms with Crippen LogP contribution in [0.1, 0.15) is 22.1 Å². The molecule has 0 aliphatic carbocycles. The molecule has 0 radical (unpaired) electrons. The minimum atomic E-state index is -1.09. The first-order chi connectivity index (χ1) is 8.56. The Kier molecular flexibility index (Phi) is 3.42. The van der Waals surface area contributed by atoms with Crippen molar-refractivity contribution in [1.82, 2.24) is 15.1 Å². The van der Waals surface area contributed by atoms with Crippen molar-refractivity contribution >= 4 is 23.4 Å². The second-order valence-corrected chi connectivity index (χ2v) is 3.81. The second-order valence-electron chi connectivity index (χ2n) is 3.42. The third-order valence-corrected chi connectivity index (χ3v) is 2.28. The van der Waals surface area contributed by atoms with Gasteiger partial charge < -0.3 is 14.9 Å². The maximum absolute atomic E-state index is 11.0. The van der Waals surface area contributed by atoms with Crippen LogP contribution in [-0.4, -0.2) is 26.2 Å². The number of aryl methyl sites for hydroxylation is 1. The Morgan fingerprint density at radius 2 is 2.28 bits per heavy atom. The van der Waals surface area contributed by atoms with Gasteiger partial charge in [-0.25, -0.2) is 9.78 Å². The molecule has 0 saturated heterocycles. The van der Waals surface area contributed by atoms with Crippen molar-refractivity contribution in [3.8, 4) is 0 Å². The lowest BCUT2D eigenvalue weighted by Crippen LogP contribution is -2.08. The van der Waals surface area contributed by atoms with Crippen LogP contribution in [0.15, 0.2) is 16.7 Å². The van der Waals surface area contributed by atoms with Crippen molar-refractivity contribution in [1.29, 1.82) is 0 Å². The van der Waals surface area contributed by atoms with E-state index in [4.69, 9.17) is 21.2 Å². The second kappa shape index (κ2) is 5.01. The molecule has 0 unspecified atom stereocenters. The minimum absolute atomic E-state index is 0.0237. The van der Waals surface area contributed by atoms with E-state index in [2.05, 4.69) is 20.4 Å². The minimum Gasteiger partial charge on any atom is -0.478 e. The largest absolute Gasteiger partial charge is 0.478 e. The van der Waals surface area contributed by atoms with Crippen LogP contribution in [0.25, 0.3) is 0 Å². The number of hydrogen-bond donors (Lipinski definition) is 2. The Bertz CT molecular complexity index is 584.